The number of rotatable bonds is 4. The molecule has 0 bridgehead atoms. The number of carbonyl (C=O) groups excluding carboxylic acids is 1. The Bertz CT molecular complexity index is 477. The maximum Gasteiger partial charge on any atom is 0.180 e. The first-order valence-electron chi connectivity index (χ1n) is 7.05. The lowest BCUT2D eigenvalue weighted by molar-refractivity contribution is -0.0652. The van der Waals surface area contributed by atoms with Crippen LogP contribution < -0.4 is 4.74 Å². The molecule has 1 saturated heterocycles. The Morgan fingerprint density at radius 3 is 2.60 bits per heavy atom. The van der Waals surface area contributed by atoms with E-state index in [0.717, 1.165) is 18.7 Å². The number of aryl methyl sites for hydroxylation is 1. The molecule has 4 heteroatoms. The minimum atomic E-state index is 0.100. The van der Waals surface area contributed by atoms with Gasteiger partial charge in [0.2, 0.25) is 0 Å². The van der Waals surface area contributed by atoms with Crippen molar-refractivity contribution >= 4 is 5.78 Å². The number of Topliss-reactive ketones (excluding diaryl/α,β-unsaturated/α-hetero) is 1. The molecular formula is C16H23NO3. The van der Waals surface area contributed by atoms with Crippen molar-refractivity contribution in [3.05, 3.63) is 29.3 Å². The van der Waals surface area contributed by atoms with Crippen molar-refractivity contribution in [2.75, 3.05) is 26.7 Å². The van der Waals surface area contributed by atoms with E-state index >= 15 is 0 Å². The molecule has 0 spiro atoms. The Morgan fingerprint density at radius 2 is 2.00 bits per heavy atom. The van der Waals surface area contributed by atoms with Gasteiger partial charge < -0.3 is 9.47 Å². The molecule has 110 valence electrons. The molecule has 1 aliphatic rings. The number of hydrogen-bond acceptors (Lipinski definition) is 4. The van der Waals surface area contributed by atoms with Gasteiger partial charge in [0, 0.05) is 13.1 Å². The van der Waals surface area contributed by atoms with Crippen molar-refractivity contribution < 1.29 is 14.3 Å². The van der Waals surface area contributed by atoms with Gasteiger partial charge in [0.1, 0.15) is 5.75 Å². The van der Waals surface area contributed by atoms with Gasteiger partial charge in [-0.15, -0.1) is 0 Å². The number of hydrogen-bond donors (Lipinski definition) is 0. The van der Waals surface area contributed by atoms with Crippen molar-refractivity contribution in [2.24, 2.45) is 0 Å². The van der Waals surface area contributed by atoms with Crippen molar-refractivity contribution in [3.63, 3.8) is 0 Å². The Kier molecular flexibility index (Phi) is 4.78. The summed E-state index contributed by atoms with van der Waals surface area (Å²) < 4.78 is 11.0. The predicted molar refractivity (Wildman–Crippen MR) is 78.5 cm³/mol. The molecule has 1 aromatic carbocycles. The monoisotopic (exact) mass is 277 g/mol. The second kappa shape index (κ2) is 6.37. The molecule has 0 saturated carbocycles. The minimum Gasteiger partial charge on any atom is -0.496 e. The number of carbonyl (C=O) groups is 1. The number of morpholine rings is 1. The Balaban J connectivity index is 2.08. The van der Waals surface area contributed by atoms with Gasteiger partial charge in [-0.05, 0) is 38.5 Å². The normalized spacial score (nSPS) is 23.6. The molecule has 2 atom stereocenters. The van der Waals surface area contributed by atoms with E-state index in [1.54, 1.807) is 7.11 Å². The molecule has 0 amide bonds. The average Bonchev–Trinajstić information content (AvgIpc) is 2.37. The number of ether oxygens (including phenoxy) is 2. The number of benzene rings is 1. The van der Waals surface area contributed by atoms with Gasteiger partial charge in [0.05, 0.1) is 31.4 Å². The summed E-state index contributed by atoms with van der Waals surface area (Å²) in [6.45, 7) is 8.08. The van der Waals surface area contributed by atoms with Gasteiger partial charge in [-0.2, -0.15) is 0 Å². The molecule has 1 aromatic rings. The lowest BCUT2D eigenvalue weighted by atomic mass is 10.1. The van der Waals surface area contributed by atoms with Gasteiger partial charge >= 0.3 is 0 Å². The number of nitrogens with zero attached hydrogens (tertiary/aromatic N) is 1. The summed E-state index contributed by atoms with van der Waals surface area (Å²) in [5, 5.41) is 0. The van der Waals surface area contributed by atoms with E-state index in [1.165, 1.54) is 0 Å². The lowest BCUT2D eigenvalue weighted by Gasteiger charge is -2.34. The predicted octanol–water partition coefficient (Wildman–Crippen LogP) is 2.30. The first-order chi connectivity index (χ1) is 9.49. The highest BCUT2D eigenvalue weighted by Gasteiger charge is 2.24. The van der Waals surface area contributed by atoms with E-state index in [0.29, 0.717) is 17.9 Å². The fraction of sp³-hybridized carbons (Fsp3) is 0.562. The zero-order valence-corrected chi connectivity index (χ0v) is 12.7. The van der Waals surface area contributed by atoms with Crippen LogP contribution in [0.3, 0.4) is 0 Å². The Hall–Kier alpha value is -1.39. The SMILES string of the molecule is COc1cc(C)ccc1C(=O)CN1CC(C)OC(C)C1. The third kappa shape index (κ3) is 3.58. The first-order valence-corrected chi connectivity index (χ1v) is 7.05. The van der Waals surface area contributed by atoms with Gasteiger partial charge in [-0.1, -0.05) is 6.07 Å². The lowest BCUT2D eigenvalue weighted by Crippen LogP contribution is -2.47. The van der Waals surface area contributed by atoms with Crippen LogP contribution in [0.15, 0.2) is 18.2 Å². The smallest absolute Gasteiger partial charge is 0.180 e. The molecular weight excluding hydrogens is 254 g/mol. The second-order valence-corrected chi connectivity index (χ2v) is 5.58. The molecule has 0 radical (unpaired) electrons. The first kappa shape index (κ1) is 15.0. The quantitative estimate of drug-likeness (QED) is 0.792. The topological polar surface area (TPSA) is 38.8 Å². The van der Waals surface area contributed by atoms with Crippen LogP contribution in [0.2, 0.25) is 0 Å². The summed E-state index contributed by atoms with van der Waals surface area (Å²) in [4.78, 5) is 14.6. The average molecular weight is 277 g/mol. The zero-order chi connectivity index (χ0) is 14.7. The van der Waals surface area contributed by atoms with E-state index in [9.17, 15) is 4.79 Å². The third-order valence-electron chi connectivity index (χ3n) is 3.52. The summed E-state index contributed by atoms with van der Waals surface area (Å²) in [6, 6.07) is 5.70. The van der Waals surface area contributed by atoms with Crippen LogP contribution in [0.25, 0.3) is 0 Å². The van der Waals surface area contributed by atoms with E-state index in [-0.39, 0.29) is 18.0 Å². The molecule has 1 aliphatic heterocycles. The number of ketones is 1. The van der Waals surface area contributed by atoms with Gasteiger partial charge in [-0.3, -0.25) is 9.69 Å². The highest BCUT2D eigenvalue weighted by Crippen LogP contribution is 2.21. The molecule has 2 rings (SSSR count). The molecule has 1 heterocycles. The van der Waals surface area contributed by atoms with E-state index in [4.69, 9.17) is 9.47 Å². The fourth-order valence-corrected chi connectivity index (χ4v) is 2.73. The van der Waals surface area contributed by atoms with E-state index in [1.807, 2.05) is 39.0 Å². The minimum absolute atomic E-state index is 0.100. The zero-order valence-electron chi connectivity index (χ0n) is 12.7. The van der Waals surface area contributed by atoms with Crippen molar-refractivity contribution in [2.45, 2.75) is 33.0 Å². The molecule has 0 N–H and O–H groups in total. The standard InChI is InChI=1S/C16H23NO3/c1-11-5-6-14(16(7-11)19-4)15(18)10-17-8-12(2)20-13(3)9-17/h5-7,12-13H,8-10H2,1-4H3. The molecule has 4 nitrogen and oxygen atoms in total. The molecule has 1 fully saturated rings. The highest BCUT2D eigenvalue weighted by atomic mass is 16.5. The summed E-state index contributed by atoms with van der Waals surface area (Å²) in [6.07, 6.45) is 0.345. The van der Waals surface area contributed by atoms with Gasteiger partial charge in [0.15, 0.2) is 5.78 Å². The Labute approximate surface area is 120 Å². The summed E-state index contributed by atoms with van der Waals surface area (Å²) in [5.41, 5.74) is 1.75. The van der Waals surface area contributed by atoms with E-state index < -0.39 is 0 Å². The second-order valence-electron chi connectivity index (χ2n) is 5.58. The Morgan fingerprint density at radius 1 is 1.35 bits per heavy atom. The maximum atomic E-state index is 12.5. The third-order valence-corrected chi connectivity index (χ3v) is 3.52. The fourth-order valence-electron chi connectivity index (χ4n) is 2.73. The van der Waals surface area contributed by atoms with Crippen LogP contribution in [0, 0.1) is 6.92 Å². The van der Waals surface area contributed by atoms with Gasteiger partial charge in [0.25, 0.3) is 0 Å². The number of methoxy groups -OCH3 is 1. The van der Waals surface area contributed by atoms with Crippen LogP contribution in [-0.4, -0.2) is 49.6 Å². The van der Waals surface area contributed by atoms with Crippen LogP contribution in [-0.2, 0) is 4.74 Å². The van der Waals surface area contributed by atoms with Crippen molar-refractivity contribution in [1.29, 1.82) is 0 Å². The van der Waals surface area contributed by atoms with Crippen LogP contribution in [0.5, 0.6) is 5.75 Å². The molecule has 0 aromatic heterocycles. The van der Waals surface area contributed by atoms with Crippen LogP contribution in [0.4, 0.5) is 0 Å². The van der Waals surface area contributed by atoms with Crippen LogP contribution in [0.1, 0.15) is 29.8 Å². The van der Waals surface area contributed by atoms with Crippen molar-refractivity contribution in [1.82, 2.24) is 4.90 Å². The molecule has 0 aliphatic carbocycles. The summed E-state index contributed by atoms with van der Waals surface area (Å²) in [5.74, 6) is 0.757. The highest BCUT2D eigenvalue weighted by molar-refractivity contribution is 6.00. The molecule has 2 unspecified atom stereocenters. The van der Waals surface area contributed by atoms with Crippen molar-refractivity contribution in [3.8, 4) is 5.75 Å². The largest absolute Gasteiger partial charge is 0.496 e. The maximum absolute atomic E-state index is 12.5. The molecule has 20 heavy (non-hydrogen) atoms. The van der Waals surface area contributed by atoms with E-state index in [2.05, 4.69) is 4.90 Å². The summed E-state index contributed by atoms with van der Waals surface area (Å²) in [7, 11) is 1.60. The van der Waals surface area contributed by atoms with Gasteiger partial charge in [-0.25, -0.2) is 0 Å². The van der Waals surface area contributed by atoms with Crippen LogP contribution >= 0.6 is 0 Å². The summed E-state index contributed by atoms with van der Waals surface area (Å²) >= 11 is 0.